The Balaban J connectivity index is 1.76. The molecule has 0 unspecified atom stereocenters. The van der Waals surface area contributed by atoms with Gasteiger partial charge in [-0.25, -0.2) is 4.79 Å². The van der Waals surface area contributed by atoms with Gasteiger partial charge in [-0.1, -0.05) is 18.9 Å². The zero-order valence-electron chi connectivity index (χ0n) is 12.9. The quantitative estimate of drug-likeness (QED) is 0.931. The highest BCUT2D eigenvalue weighted by molar-refractivity contribution is 5.98. The second-order valence-electron chi connectivity index (χ2n) is 5.91. The molecule has 0 atom stereocenters. The largest absolute Gasteiger partial charge is 0.450 e. The van der Waals surface area contributed by atoms with Gasteiger partial charge in [-0.2, -0.15) is 0 Å². The summed E-state index contributed by atoms with van der Waals surface area (Å²) >= 11 is 0. The molecule has 0 radical (unpaired) electrons. The molecule has 5 heteroatoms. The highest BCUT2D eigenvalue weighted by Crippen LogP contribution is 2.35. The van der Waals surface area contributed by atoms with Crippen LogP contribution in [0.25, 0.3) is 0 Å². The van der Waals surface area contributed by atoms with Crippen LogP contribution in [0.15, 0.2) is 18.2 Å². The van der Waals surface area contributed by atoms with E-state index in [0.29, 0.717) is 12.3 Å². The Kier molecular flexibility index (Phi) is 4.32. The van der Waals surface area contributed by atoms with E-state index in [1.54, 1.807) is 6.92 Å². The fourth-order valence-electron chi connectivity index (χ4n) is 3.36. The number of nitrogens with one attached hydrogen (secondary N) is 1. The summed E-state index contributed by atoms with van der Waals surface area (Å²) in [7, 11) is 0. The van der Waals surface area contributed by atoms with Crippen LogP contribution in [0.1, 0.15) is 38.2 Å². The number of benzene rings is 1. The van der Waals surface area contributed by atoms with E-state index in [1.165, 1.54) is 5.56 Å². The Bertz CT molecular complexity index is 579. The molecular formula is C17H22N2O3. The molecule has 0 saturated heterocycles. The van der Waals surface area contributed by atoms with Crippen LogP contribution in [-0.2, 0) is 16.0 Å². The maximum atomic E-state index is 12.7. The molecule has 1 heterocycles. The van der Waals surface area contributed by atoms with Gasteiger partial charge in [0, 0.05) is 23.8 Å². The van der Waals surface area contributed by atoms with Crippen LogP contribution >= 0.6 is 0 Å². The maximum Gasteiger partial charge on any atom is 0.411 e. The number of hydrogen-bond acceptors (Lipinski definition) is 3. The van der Waals surface area contributed by atoms with Gasteiger partial charge in [-0.05, 0) is 43.9 Å². The molecule has 118 valence electrons. The molecule has 2 aliphatic rings. The molecule has 0 bridgehead atoms. The van der Waals surface area contributed by atoms with Crippen molar-refractivity contribution in [3.8, 4) is 0 Å². The van der Waals surface area contributed by atoms with Crippen molar-refractivity contribution in [3.05, 3.63) is 23.8 Å². The zero-order chi connectivity index (χ0) is 15.5. The van der Waals surface area contributed by atoms with Crippen molar-refractivity contribution in [2.75, 3.05) is 23.4 Å². The van der Waals surface area contributed by atoms with Crippen molar-refractivity contribution in [1.29, 1.82) is 0 Å². The Hall–Kier alpha value is -2.04. The second-order valence-corrected chi connectivity index (χ2v) is 5.91. The molecular weight excluding hydrogens is 280 g/mol. The first-order chi connectivity index (χ1) is 10.7. The molecule has 1 aliphatic heterocycles. The van der Waals surface area contributed by atoms with E-state index in [-0.39, 0.29) is 11.8 Å². The normalized spacial score (nSPS) is 17.4. The van der Waals surface area contributed by atoms with E-state index in [1.807, 2.05) is 23.1 Å². The van der Waals surface area contributed by atoms with Gasteiger partial charge in [0.2, 0.25) is 5.91 Å². The van der Waals surface area contributed by atoms with Crippen molar-refractivity contribution in [3.63, 3.8) is 0 Å². The van der Waals surface area contributed by atoms with E-state index in [9.17, 15) is 9.59 Å². The number of anilines is 2. The van der Waals surface area contributed by atoms with Crippen molar-refractivity contribution in [1.82, 2.24) is 0 Å². The summed E-state index contributed by atoms with van der Waals surface area (Å²) in [5, 5.41) is 2.70. The van der Waals surface area contributed by atoms with Gasteiger partial charge in [0.05, 0.1) is 6.61 Å². The molecule has 1 aromatic rings. The Morgan fingerprint density at radius 3 is 2.82 bits per heavy atom. The minimum Gasteiger partial charge on any atom is -0.450 e. The molecule has 1 saturated carbocycles. The van der Waals surface area contributed by atoms with Crippen LogP contribution in [0.5, 0.6) is 0 Å². The third-order valence-corrected chi connectivity index (χ3v) is 4.47. The smallest absolute Gasteiger partial charge is 0.411 e. The maximum absolute atomic E-state index is 12.7. The standard InChI is InChI=1S/C17H22N2O3/c1-2-22-17(21)18-14-8-7-12-9-10-19(15(12)11-14)16(20)13-5-3-4-6-13/h7-8,11,13H,2-6,9-10H2,1H3,(H,18,21). The number of ether oxygens (including phenoxy) is 1. The summed E-state index contributed by atoms with van der Waals surface area (Å²) in [6, 6.07) is 5.73. The number of hydrogen-bond donors (Lipinski definition) is 1. The van der Waals surface area contributed by atoms with Gasteiger partial charge < -0.3 is 9.64 Å². The lowest BCUT2D eigenvalue weighted by Crippen LogP contribution is -2.33. The Morgan fingerprint density at radius 2 is 2.09 bits per heavy atom. The van der Waals surface area contributed by atoms with Crippen molar-refractivity contribution >= 4 is 23.4 Å². The number of fused-ring (bicyclic) bond motifs is 1. The fraction of sp³-hybridized carbons (Fsp3) is 0.529. The second kappa shape index (κ2) is 6.38. The molecule has 1 fully saturated rings. The SMILES string of the molecule is CCOC(=O)Nc1ccc2c(c1)N(C(=O)C1CCCC1)CC2. The summed E-state index contributed by atoms with van der Waals surface area (Å²) in [5.74, 6) is 0.414. The number of amides is 2. The minimum absolute atomic E-state index is 0.174. The van der Waals surface area contributed by atoms with Crippen LogP contribution < -0.4 is 10.2 Å². The topological polar surface area (TPSA) is 58.6 Å². The molecule has 0 spiro atoms. The third-order valence-electron chi connectivity index (χ3n) is 4.47. The molecule has 1 aliphatic carbocycles. The van der Waals surface area contributed by atoms with E-state index in [4.69, 9.17) is 4.74 Å². The first-order valence-electron chi connectivity index (χ1n) is 8.07. The summed E-state index contributed by atoms with van der Waals surface area (Å²) in [6.07, 6.45) is 4.74. The molecule has 1 aromatic carbocycles. The van der Waals surface area contributed by atoms with Crippen LogP contribution in [0.2, 0.25) is 0 Å². The van der Waals surface area contributed by atoms with Crippen molar-refractivity contribution in [2.45, 2.75) is 39.0 Å². The van der Waals surface area contributed by atoms with E-state index >= 15 is 0 Å². The monoisotopic (exact) mass is 302 g/mol. The molecule has 22 heavy (non-hydrogen) atoms. The lowest BCUT2D eigenvalue weighted by molar-refractivity contribution is -0.122. The summed E-state index contributed by atoms with van der Waals surface area (Å²) < 4.78 is 4.89. The highest BCUT2D eigenvalue weighted by atomic mass is 16.5. The third kappa shape index (κ3) is 2.93. The Morgan fingerprint density at radius 1 is 1.32 bits per heavy atom. The van der Waals surface area contributed by atoms with Gasteiger partial charge >= 0.3 is 6.09 Å². The van der Waals surface area contributed by atoms with E-state index < -0.39 is 6.09 Å². The predicted molar refractivity (Wildman–Crippen MR) is 85.1 cm³/mol. The zero-order valence-corrected chi connectivity index (χ0v) is 12.9. The summed E-state index contributed by atoms with van der Waals surface area (Å²) in [4.78, 5) is 26.1. The molecule has 2 amide bonds. The average Bonchev–Trinajstić information content (AvgIpc) is 3.16. The molecule has 0 aromatic heterocycles. The van der Waals surface area contributed by atoms with E-state index in [2.05, 4.69) is 5.32 Å². The number of carbonyl (C=O) groups excluding carboxylic acids is 2. The summed E-state index contributed by atoms with van der Waals surface area (Å²) in [5.41, 5.74) is 2.77. The van der Waals surface area contributed by atoms with Gasteiger partial charge in [-0.3, -0.25) is 10.1 Å². The summed E-state index contributed by atoms with van der Waals surface area (Å²) in [6.45, 7) is 2.85. The number of nitrogens with zero attached hydrogens (tertiary/aromatic N) is 1. The average molecular weight is 302 g/mol. The van der Waals surface area contributed by atoms with Crippen molar-refractivity contribution in [2.24, 2.45) is 5.92 Å². The molecule has 3 rings (SSSR count). The van der Waals surface area contributed by atoms with Crippen LogP contribution in [0.4, 0.5) is 16.2 Å². The van der Waals surface area contributed by atoms with Crippen LogP contribution in [0, 0.1) is 5.92 Å². The van der Waals surface area contributed by atoms with Crippen LogP contribution in [0.3, 0.4) is 0 Å². The van der Waals surface area contributed by atoms with Gasteiger partial charge in [-0.15, -0.1) is 0 Å². The fourth-order valence-corrected chi connectivity index (χ4v) is 3.36. The lowest BCUT2D eigenvalue weighted by atomic mass is 10.1. The lowest BCUT2D eigenvalue weighted by Gasteiger charge is -2.21. The highest BCUT2D eigenvalue weighted by Gasteiger charge is 2.31. The number of carbonyl (C=O) groups is 2. The van der Waals surface area contributed by atoms with Gasteiger partial charge in [0.15, 0.2) is 0 Å². The Labute approximate surface area is 130 Å². The molecule has 1 N–H and O–H groups in total. The first-order valence-corrected chi connectivity index (χ1v) is 8.07. The number of rotatable bonds is 3. The van der Waals surface area contributed by atoms with Crippen molar-refractivity contribution < 1.29 is 14.3 Å². The first kappa shape index (κ1) is 14.9. The predicted octanol–water partition coefficient (Wildman–Crippen LogP) is 3.33. The van der Waals surface area contributed by atoms with Crippen LogP contribution in [-0.4, -0.2) is 25.2 Å². The molecule has 5 nitrogen and oxygen atoms in total. The minimum atomic E-state index is -0.464. The van der Waals surface area contributed by atoms with Gasteiger partial charge in [0.1, 0.15) is 0 Å². The van der Waals surface area contributed by atoms with Gasteiger partial charge in [0.25, 0.3) is 0 Å². The van der Waals surface area contributed by atoms with E-state index in [0.717, 1.165) is 44.3 Å².